The van der Waals surface area contributed by atoms with Crippen molar-refractivity contribution in [1.82, 2.24) is 20.3 Å². The van der Waals surface area contributed by atoms with Crippen LogP contribution in [0.2, 0.25) is 0 Å². The van der Waals surface area contributed by atoms with Crippen molar-refractivity contribution in [2.24, 2.45) is 5.92 Å². The van der Waals surface area contributed by atoms with Gasteiger partial charge in [0.1, 0.15) is 6.54 Å². The fourth-order valence-electron chi connectivity index (χ4n) is 1.97. The second-order valence-corrected chi connectivity index (χ2v) is 4.54. The smallest absolute Gasteiger partial charge is 0.358 e. The lowest BCUT2D eigenvalue weighted by Gasteiger charge is -2.14. The minimum absolute atomic E-state index is 0.0394. The average Bonchev–Trinajstić information content (AvgIpc) is 2.96. The van der Waals surface area contributed by atoms with Gasteiger partial charge in [-0.15, -0.1) is 5.10 Å². The molecule has 0 saturated carbocycles. The topological polar surface area (TPSA) is 106 Å². The van der Waals surface area contributed by atoms with Crippen LogP contribution in [0.3, 0.4) is 0 Å². The fraction of sp³-hybridized carbons (Fsp3) is 0.636. The van der Waals surface area contributed by atoms with Gasteiger partial charge < -0.3 is 15.2 Å². The number of amides is 1. The number of rotatable bonds is 5. The molecule has 0 radical (unpaired) electrons. The van der Waals surface area contributed by atoms with E-state index in [1.54, 1.807) is 0 Å². The van der Waals surface area contributed by atoms with Crippen molar-refractivity contribution in [1.29, 1.82) is 0 Å². The molecule has 8 heteroatoms. The molecule has 0 spiro atoms. The molecule has 8 nitrogen and oxygen atoms in total. The highest BCUT2D eigenvalue weighted by atomic mass is 16.5. The van der Waals surface area contributed by atoms with Crippen molar-refractivity contribution in [3.63, 3.8) is 0 Å². The number of nitrogens with one attached hydrogen (secondary N) is 1. The number of aromatic nitrogens is 3. The normalized spacial score (nSPS) is 22.4. The lowest BCUT2D eigenvalue weighted by Crippen LogP contribution is -2.34. The van der Waals surface area contributed by atoms with E-state index in [1.807, 2.05) is 6.92 Å². The third-order valence-corrected chi connectivity index (χ3v) is 3.16. The summed E-state index contributed by atoms with van der Waals surface area (Å²) >= 11 is 0. The SMILES string of the molecule is CC1OCCC1CNC(=O)Cn1cc(C(=O)O)nn1. The van der Waals surface area contributed by atoms with E-state index in [4.69, 9.17) is 9.84 Å². The molecular weight excluding hydrogens is 252 g/mol. The lowest BCUT2D eigenvalue weighted by molar-refractivity contribution is -0.122. The number of carboxylic acid groups (broad SMARTS) is 1. The quantitative estimate of drug-likeness (QED) is 0.747. The van der Waals surface area contributed by atoms with E-state index >= 15 is 0 Å². The van der Waals surface area contributed by atoms with E-state index in [2.05, 4.69) is 15.6 Å². The molecule has 1 amide bonds. The molecule has 1 aliphatic rings. The molecular formula is C11H16N4O4. The zero-order valence-corrected chi connectivity index (χ0v) is 10.6. The van der Waals surface area contributed by atoms with Crippen molar-refractivity contribution in [3.8, 4) is 0 Å². The number of aromatic carboxylic acids is 1. The van der Waals surface area contributed by atoms with Gasteiger partial charge in [0, 0.05) is 19.1 Å². The second-order valence-electron chi connectivity index (χ2n) is 4.54. The molecule has 0 bridgehead atoms. The van der Waals surface area contributed by atoms with Crippen LogP contribution < -0.4 is 5.32 Å². The van der Waals surface area contributed by atoms with Crippen LogP contribution in [0.25, 0.3) is 0 Å². The van der Waals surface area contributed by atoms with Crippen molar-refractivity contribution in [3.05, 3.63) is 11.9 Å². The summed E-state index contributed by atoms with van der Waals surface area (Å²) < 4.78 is 6.60. The van der Waals surface area contributed by atoms with Crippen LogP contribution in [0.1, 0.15) is 23.8 Å². The van der Waals surface area contributed by atoms with E-state index in [1.165, 1.54) is 10.9 Å². The summed E-state index contributed by atoms with van der Waals surface area (Å²) in [5.74, 6) is -1.06. The molecule has 2 rings (SSSR count). The van der Waals surface area contributed by atoms with Crippen LogP contribution >= 0.6 is 0 Å². The van der Waals surface area contributed by atoms with Crippen LogP contribution in [-0.4, -0.2) is 51.2 Å². The van der Waals surface area contributed by atoms with Crippen molar-refractivity contribution in [2.45, 2.75) is 26.0 Å². The number of carbonyl (C=O) groups is 2. The minimum Gasteiger partial charge on any atom is -0.476 e. The standard InChI is InChI=1S/C11H16N4O4/c1-7-8(2-3-19-7)4-12-10(16)6-15-5-9(11(17)18)13-14-15/h5,7-8H,2-4,6H2,1H3,(H,12,16)(H,17,18). The van der Waals surface area contributed by atoms with Gasteiger partial charge in [-0.3, -0.25) is 4.79 Å². The van der Waals surface area contributed by atoms with Gasteiger partial charge in [-0.05, 0) is 13.3 Å². The molecule has 2 atom stereocenters. The molecule has 1 aromatic rings. The Bertz CT molecular complexity index is 473. The zero-order chi connectivity index (χ0) is 13.8. The number of hydrogen-bond donors (Lipinski definition) is 2. The Hall–Kier alpha value is -1.96. The Balaban J connectivity index is 1.78. The zero-order valence-electron chi connectivity index (χ0n) is 10.6. The van der Waals surface area contributed by atoms with E-state index in [0.717, 1.165) is 13.0 Å². The first kappa shape index (κ1) is 13.5. The van der Waals surface area contributed by atoms with Crippen LogP contribution in [-0.2, 0) is 16.1 Å². The van der Waals surface area contributed by atoms with Gasteiger partial charge in [-0.1, -0.05) is 5.21 Å². The first-order valence-corrected chi connectivity index (χ1v) is 6.08. The van der Waals surface area contributed by atoms with Crippen LogP contribution in [0, 0.1) is 5.92 Å². The lowest BCUT2D eigenvalue weighted by atomic mass is 10.0. The highest BCUT2D eigenvalue weighted by Gasteiger charge is 2.24. The molecule has 104 valence electrons. The first-order chi connectivity index (χ1) is 9.06. The van der Waals surface area contributed by atoms with Crippen LogP contribution in [0.4, 0.5) is 0 Å². The van der Waals surface area contributed by atoms with Crippen molar-refractivity contribution >= 4 is 11.9 Å². The maximum Gasteiger partial charge on any atom is 0.358 e. The van der Waals surface area contributed by atoms with Crippen LogP contribution in [0.5, 0.6) is 0 Å². The fourth-order valence-corrected chi connectivity index (χ4v) is 1.97. The van der Waals surface area contributed by atoms with E-state index in [0.29, 0.717) is 12.5 Å². The number of ether oxygens (including phenoxy) is 1. The van der Waals surface area contributed by atoms with E-state index < -0.39 is 5.97 Å². The summed E-state index contributed by atoms with van der Waals surface area (Å²) in [7, 11) is 0. The Morgan fingerprint density at radius 2 is 2.42 bits per heavy atom. The van der Waals surface area contributed by atoms with Crippen molar-refractivity contribution < 1.29 is 19.4 Å². The third-order valence-electron chi connectivity index (χ3n) is 3.16. The van der Waals surface area contributed by atoms with Gasteiger partial charge in [0.15, 0.2) is 5.69 Å². The molecule has 1 aliphatic heterocycles. The largest absolute Gasteiger partial charge is 0.476 e. The summed E-state index contributed by atoms with van der Waals surface area (Å²) in [5, 5.41) is 18.5. The second kappa shape index (κ2) is 5.79. The Morgan fingerprint density at radius 3 is 3.00 bits per heavy atom. The number of nitrogens with zero attached hydrogens (tertiary/aromatic N) is 3. The van der Waals surface area contributed by atoms with Gasteiger partial charge in [-0.25, -0.2) is 9.48 Å². The average molecular weight is 268 g/mol. The number of hydrogen-bond acceptors (Lipinski definition) is 5. The summed E-state index contributed by atoms with van der Waals surface area (Å²) in [6.07, 6.45) is 2.32. The molecule has 0 aliphatic carbocycles. The van der Waals surface area contributed by atoms with E-state index in [9.17, 15) is 9.59 Å². The van der Waals surface area contributed by atoms with Crippen LogP contribution in [0.15, 0.2) is 6.20 Å². The Morgan fingerprint density at radius 1 is 1.63 bits per heavy atom. The Kier molecular flexibility index (Phi) is 4.10. The molecule has 19 heavy (non-hydrogen) atoms. The third kappa shape index (κ3) is 3.50. The van der Waals surface area contributed by atoms with Gasteiger partial charge in [0.05, 0.1) is 12.3 Å². The highest BCUT2D eigenvalue weighted by Crippen LogP contribution is 2.19. The van der Waals surface area contributed by atoms with Gasteiger partial charge in [0.25, 0.3) is 0 Å². The highest BCUT2D eigenvalue weighted by molar-refractivity contribution is 5.84. The van der Waals surface area contributed by atoms with Gasteiger partial charge in [-0.2, -0.15) is 0 Å². The van der Waals surface area contributed by atoms with E-state index in [-0.39, 0.29) is 24.2 Å². The molecule has 2 N–H and O–H groups in total. The molecule has 2 unspecified atom stereocenters. The minimum atomic E-state index is -1.16. The summed E-state index contributed by atoms with van der Waals surface area (Å²) in [6.45, 7) is 3.23. The molecule has 1 saturated heterocycles. The Labute approximate surface area is 109 Å². The summed E-state index contributed by atoms with van der Waals surface area (Å²) in [4.78, 5) is 22.3. The van der Waals surface area contributed by atoms with Gasteiger partial charge >= 0.3 is 5.97 Å². The maximum absolute atomic E-state index is 11.7. The van der Waals surface area contributed by atoms with Gasteiger partial charge in [0.2, 0.25) is 5.91 Å². The molecule has 1 aromatic heterocycles. The van der Waals surface area contributed by atoms with Crippen molar-refractivity contribution in [2.75, 3.05) is 13.2 Å². The first-order valence-electron chi connectivity index (χ1n) is 6.08. The molecule has 0 aromatic carbocycles. The number of carbonyl (C=O) groups excluding carboxylic acids is 1. The predicted octanol–water partition coefficient (Wildman–Crippen LogP) is -0.482. The molecule has 1 fully saturated rings. The monoisotopic (exact) mass is 268 g/mol. The number of carboxylic acids is 1. The molecule has 2 heterocycles. The summed E-state index contributed by atoms with van der Waals surface area (Å²) in [5.41, 5.74) is -0.175. The maximum atomic E-state index is 11.7. The predicted molar refractivity (Wildman–Crippen MR) is 63.5 cm³/mol. The summed E-state index contributed by atoms with van der Waals surface area (Å²) in [6, 6.07) is 0.